The van der Waals surface area contributed by atoms with Crippen LogP contribution in [-0.2, 0) is 14.6 Å². The first-order valence-electron chi connectivity index (χ1n) is 6.16. The molecule has 1 N–H and O–H groups in total. The second kappa shape index (κ2) is 5.02. The summed E-state index contributed by atoms with van der Waals surface area (Å²) in [6.45, 7) is 3.27. The van der Waals surface area contributed by atoms with Gasteiger partial charge in [-0.1, -0.05) is 0 Å². The summed E-state index contributed by atoms with van der Waals surface area (Å²) in [6, 6.07) is 0.663. The van der Waals surface area contributed by atoms with E-state index < -0.39 is 9.84 Å². The van der Waals surface area contributed by atoms with Gasteiger partial charge in [0.25, 0.3) is 0 Å². The first kappa shape index (κ1) is 12.3. The lowest BCUT2D eigenvalue weighted by Crippen LogP contribution is -2.31. The number of sulfone groups is 1. The average molecular weight is 247 g/mol. The highest BCUT2D eigenvalue weighted by Crippen LogP contribution is 2.22. The zero-order valence-corrected chi connectivity index (χ0v) is 10.6. The summed E-state index contributed by atoms with van der Waals surface area (Å²) in [5.74, 6) is 0.297. The molecule has 2 unspecified atom stereocenters. The Balaban J connectivity index is 1.73. The molecule has 0 amide bonds. The van der Waals surface area contributed by atoms with Crippen LogP contribution in [0.5, 0.6) is 0 Å². The van der Waals surface area contributed by atoms with Crippen LogP contribution in [0.3, 0.4) is 0 Å². The number of ether oxygens (including phenoxy) is 1. The molecule has 0 aromatic rings. The molecule has 0 aromatic carbocycles. The minimum absolute atomic E-state index is 0.124. The molecule has 0 radical (unpaired) electrons. The van der Waals surface area contributed by atoms with Gasteiger partial charge in [0.15, 0.2) is 9.84 Å². The molecule has 0 spiro atoms. The van der Waals surface area contributed by atoms with Crippen LogP contribution in [-0.4, -0.2) is 44.7 Å². The van der Waals surface area contributed by atoms with Gasteiger partial charge in [0.2, 0.25) is 0 Å². The maximum absolute atomic E-state index is 12.0. The van der Waals surface area contributed by atoms with E-state index >= 15 is 0 Å². The Morgan fingerprint density at radius 3 is 2.62 bits per heavy atom. The van der Waals surface area contributed by atoms with E-state index in [9.17, 15) is 8.42 Å². The smallest absolute Gasteiger partial charge is 0.155 e. The van der Waals surface area contributed by atoms with Gasteiger partial charge in [0, 0.05) is 12.6 Å². The van der Waals surface area contributed by atoms with Crippen LogP contribution in [0, 0.1) is 0 Å². The molecular formula is C11H21NO3S. The van der Waals surface area contributed by atoms with Crippen molar-refractivity contribution >= 4 is 9.84 Å². The Hall–Kier alpha value is -0.130. The molecule has 1 aliphatic carbocycles. The molecule has 1 saturated carbocycles. The summed E-state index contributed by atoms with van der Waals surface area (Å²) in [7, 11) is -2.95. The van der Waals surface area contributed by atoms with E-state index in [1.54, 1.807) is 0 Å². The lowest BCUT2D eigenvalue weighted by molar-refractivity contribution is 0.126. The van der Waals surface area contributed by atoms with E-state index in [1.807, 2.05) is 6.92 Å². The second-order valence-corrected chi connectivity index (χ2v) is 7.19. The molecule has 0 aromatic heterocycles. The van der Waals surface area contributed by atoms with E-state index in [0.29, 0.717) is 24.8 Å². The van der Waals surface area contributed by atoms with Crippen molar-refractivity contribution in [1.82, 2.24) is 5.32 Å². The van der Waals surface area contributed by atoms with E-state index in [0.717, 1.165) is 13.0 Å². The summed E-state index contributed by atoms with van der Waals surface area (Å²) < 4.78 is 29.3. The minimum Gasteiger partial charge on any atom is -0.377 e. The quantitative estimate of drug-likeness (QED) is 0.703. The third-order valence-electron chi connectivity index (χ3n) is 3.38. The van der Waals surface area contributed by atoms with Crippen molar-refractivity contribution in [1.29, 1.82) is 0 Å². The highest BCUT2D eigenvalue weighted by Gasteiger charge is 2.35. The van der Waals surface area contributed by atoms with Gasteiger partial charge in [-0.05, 0) is 39.2 Å². The lowest BCUT2D eigenvalue weighted by Gasteiger charge is -2.14. The molecular weight excluding hydrogens is 226 g/mol. The lowest BCUT2D eigenvalue weighted by atomic mass is 10.3. The third-order valence-corrected chi connectivity index (χ3v) is 5.78. The number of nitrogens with one attached hydrogen (secondary N) is 1. The molecule has 1 aliphatic heterocycles. The molecule has 4 nitrogen and oxygen atoms in total. The first-order valence-corrected chi connectivity index (χ1v) is 7.88. The monoisotopic (exact) mass is 247 g/mol. The van der Waals surface area contributed by atoms with Gasteiger partial charge in [0.1, 0.15) is 0 Å². The summed E-state index contributed by atoms with van der Waals surface area (Å²) in [6.07, 6.45) is 3.77. The van der Waals surface area contributed by atoms with Gasteiger partial charge in [-0.3, -0.25) is 0 Å². The largest absolute Gasteiger partial charge is 0.377 e. The van der Waals surface area contributed by atoms with Crippen molar-refractivity contribution in [2.24, 2.45) is 0 Å². The van der Waals surface area contributed by atoms with E-state index in [-0.39, 0.29) is 11.4 Å². The molecule has 94 valence electrons. The third kappa shape index (κ3) is 3.18. The molecule has 2 rings (SSSR count). The van der Waals surface area contributed by atoms with E-state index in [4.69, 9.17) is 4.74 Å². The average Bonchev–Trinajstić information content (AvgIpc) is 2.94. The van der Waals surface area contributed by atoms with Gasteiger partial charge in [0.05, 0.1) is 17.1 Å². The number of rotatable bonds is 6. The van der Waals surface area contributed by atoms with Crippen molar-refractivity contribution in [2.45, 2.75) is 50.0 Å². The predicted molar refractivity (Wildman–Crippen MR) is 63.2 cm³/mol. The molecule has 5 heteroatoms. The first-order chi connectivity index (χ1) is 7.59. The molecule has 1 saturated heterocycles. The van der Waals surface area contributed by atoms with Gasteiger partial charge >= 0.3 is 0 Å². The van der Waals surface area contributed by atoms with Crippen molar-refractivity contribution in [2.75, 3.05) is 18.9 Å². The van der Waals surface area contributed by atoms with Crippen molar-refractivity contribution in [3.8, 4) is 0 Å². The molecule has 1 heterocycles. The molecule has 0 bridgehead atoms. The Kier molecular flexibility index (Phi) is 3.87. The van der Waals surface area contributed by atoms with Crippen molar-refractivity contribution in [3.63, 3.8) is 0 Å². The Morgan fingerprint density at radius 2 is 2.06 bits per heavy atom. The highest BCUT2D eigenvalue weighted by atomic mass is 32.2. The van der Waals surface area contributed by atoms with Crippen LogP contribution in [0.1, 0.15) is 32.6 Å². The summed E-state index contributed by atoms with van der Waals surface area (Å²) in [5, 5.41) is 3.07. The summed E-state index contributed by atoms with van der Waals surface area (Å²) in [4.78, 5) is 0. The number of hydrogen-bond donors (Lipinski definition) is 1. The van der Waals surface area contributed by atoms with Gasteiger partial charge in [-0.15, -0.1) is 0 Å². The van der Waals surface area contributed by atoms with Crippen molar-refractivity contribution in [3.05, 3.63) is 0 Å². The molecule has 16 heavy (non-hydrogen) atoms. The van der Waals surface area contributed by atoms with Crippen LogP contribution < -0.4 is 5.32 Å². The Labute approximate surface area is 97.7 Å². The zero-order valence-electron chi connectivity index (χ0n) is 9.81. The maximum atomic E-state index is 12.0. The van der Waals surface area contributed by atoms with Crippen LogP contribution >= 0.6 is 0 Å². The van der Waals surface area contributed by atoms with Crippen LogP contribution in [0.2, 0.25) is 0 Å². The summed E-state index contributed by atoms with van der Waals surface area (Å²) >= 11 is 0. The second-order valence-electron chi connectivity index (χ2n) is 4.85. The van der Waals surface area contributed by atoms with Crippen LogP contribution in [0.25, 0.3) is 0 Å². The fraction of sp³-hybridized carbons (Fsp3) is 1.00. The zero-order chi connectivity index (χ0) is 11.6. The van der Waals surface area contributed by atoms with Crippen LogP contribution in [0.15, 0.2) is 0 Å². The molecule has 2 aliphatic rings. The molecule has 2 fully saturated rings. The minimum atomic E-state index is -2.95. The van der Waals surface area contributed by atoms with E-state index in [2.05, 4.69) is 5.32 Å². The van der Waals surface area contributed by atoms with Crippen molar-refractivity contribution < 1.29 is 13.2 Å². The predicted octanol–water partition coefficient (Wildman–Crippen LogP) is 0.721. The molecule has 2 atom stereocenters. The van der Waals surface area contributed by atoms with Gasteiger partial charge < -0.3 is 10.1 Å². The Bertz CT molecular complexity index is 324. The van der Waals surface area contributed by atoms with E-state index in [1.165, 1.54) is 12.8 Å². The fourth-order valence-corrected chi connectivity index (χ4v) is 4.17. The maximum Gasteiger partial charge on any atom is 0.155 e. The van der Waals surface area contributed by atoms with Gasteiger partial charge in [-0.25, -0.2) is 8.42 Å². The highest BCUT2D eigenvalue weighted by molar-refractivity contribution is 7.92. The Morgan fingerprint density at radius 1 is 1.31 bits per heavy atom. The SMILES string of the molecule is CC1OCCC1S(=O)(=O)CCCNC1CC1. The standard InChI is InChI=1S/C11H21NO3S/c1-9-11(5-7-15-9)16(13,14)8-2-6-12-10-3-4-10/h9-12H,2-8H2,1H3. The normalized spacial score (nSPS) is 30.8. The fourth-order valence-electron chi connectivity index (χ4n) is 2.20. The van der Waals surface area contributed by atoms with Gasteiger partial charge in [-0.2, -0.15) is 0 Å². The van der Waals surface area contributed by atoms with Crippen LogP contribution in [0.4, 0.5) is 0 Å². The number of hydrogen-bond acceptors (Lipinski definition) is 4. The summed E-state index contributed by atoms with van der Waals surface area (Å²) in [5.41, 5.74) is 0. The topological polar surface area (TPSA) is 55.4 Å².